The van der Waals surface area contributed by atoms with Crippen LogP contribution in [0.25, 0.3) is 0 Å². The van der Waals surface area contributed by atoms with Crippen molar-refractivity contribution in [2.24, 2.45) is 5.73 Å². The van der Waals surface area contributed by atoms with Gasteiger partial charge in [-0.3, -0.25) is 9.59 Å². The average molecular weight is 470 g/mol. The van der Waals surface area contributed by atoms with E-state index in [4.69, 9.17) is 33.7 Å². The van der Waals surface area contributed by atoms with E-state index in [1.807, 2.05) is 4.90 Å². The number of aromatic amines is 1. The molecule has 2 aromatic rings. The predicted octanol–water partition coefficient (Wildman–Crippen LogP) is 1.85. The van der Waals surface area contributed by atoms with Gasteiger partial charge in [0.25, 0.3) is 11.8 Å². The van der Waals surface area contributed by atoms with E-state index in [-0.39, 0.29) is 27.9 Å². The topological polar surface area (TPSA) is 151 Å². The molecule has 1 aliphatic rings. The molecule has 1 aliphatic heterocycles. The fraction of sp³-hybridized carbons (Fsp3) is 0.368. The number of aromatic nitrogens is 2. The Bertz CT molecular complexity index is 1040. The molecule has 0 bridgehead atoms. The number of ether oxygens (including phenoxy) is 1. The summed E-state index contributed by atoms with van der Waals surface area (Å²) in [5.74, 6) is -2.19. The molecule has 31 heavy (non-hydrogen) atoms. The second-order valence-corrected chi connectivity index (χ2v) is 7.86. The van der Waals surface area contributed by atoms with Gasteiger partial charge in [-0.25, -0.2) is 9.78 Å². The Morgan fingerprint density at radius 2 is 2.03 bits per heavy atom. The first-order valence-electron chi connectivity index (χ1n) is 9.29. The van der Waals surface area contributed by atoms with Gasteiger partial charge in [0.2, 0.25) is 0 Å². The number of carbonyl (C=O) groups is 3. The van der Waals surface area contributed by atoms with Gasteiger partial charge < -0.3 is 30.8 Å². The molecule has 2 unspecified atom stereocenters. The van der Waals surface area contributed by atoms with Crippen LogP contribution in [0.3, 0.4) is 0 Å². The number of carboxylic acid groups (broad SMARTS) is 1. The zero-order valence-electron chi connectivity index (χ0n) is 16.7. The van der Waals surface area contributed by atoms with Crippen LogP contribution < -0.4 is 16.0 Å². The summed E-state index contributed by atoms with van der Waals surface area (Å²) in [5.41, 5.74) is 5.60. The van der Waals surface area contributed by atoms with Gasteiger partial charge in [0, 0.05) is 32.1 Å². The highest BCUT2D eigenvalue weighted by atomic mass is 35.5. The fourth-order valence-electron chi connectivity index (χ4n) is 3.49. The van der Waals surface area contributed by atoms with E-state index in [0.29, 0.717) is 36.0 Å². The number of carboxylic acids is 1. The van der Waals surface area contributed by atoms with Crippen LogP contribution in [0, 0.1) is 6.92 Å². The standard InChI is InChI=1S/C19H21Cl2N5O5/c1-8-14(20)15(21)16(24-8)18(28)25-11-3-4-26(7-12(11)31-2)13-5-9(19(29)30)10(6-23-13)17(22)27/h5-6,11-12,24H,3-4,7H2,1-2H3,(H2,22,27)(H,25,28)(H,29,30). The summed E-state index contributed by atoms with van der Waals surface area (Å²) in [5, 5.41) is 12.7. The van der Waals surface area contributed by atoms with Crippen LogP contribution in [0.1, 0.15) is 43.3 Å². The highest BCUT2D eigenvalue weighted by Gasteiger charge is 2.33. The van der Waals surface area contributed by atoms with E-state index in [0.717, 1.165) is 6.20 Å². The molecule has 5 N–H and O–H groups in total. The number of rotatable bonds is 6. The lowest BCUT2D eigenvalue weighted by Gasteiger charge is -2.38. The second-order valence-electron chi connectivity index (χ2n) is 7.10. The van der Waals surface area contributed by atoms with E-state index >= 15 is 0 Å². The van der Waals surface area contributed by atoms with Crippen LogP contribution >= 0.6 is 23.2 Å². The van der Waals surface area contributed by atoms with E-state index in [9.17, 15) is 19.5 Å². The van der Waals surface area contributed by atoms with Crippen molar-refractivity contribution >= 4 is 46.8 Å². The van der Waals surface area contributed by atoms with Crippen molar-refractivity contribution < 1.29 is 24.2 Å². The van der Waals surface area contributed by atoms with Gasteiger partial charge in [-0.15, -0.1) is 0 Å². The molecule has 2 amide bonds. The summed E-state index contributed by atoms with van der Waals surface area (Å²) in [4.78, 5) is 44.5. The number of aromatic carboxylic acids is 1. The van der Waals surface area contributed by atoms with Gasteiger partial charge in [-0.05, 0) is 19.4 Å². The molecule has 1 saturated heterocycles. The van der Waals surface area contributed by atoms with Crippen LogP contribution in [0.4, 0.5) is 5.82 Å². The Hall–Kier alpha value is -2.82. The number of nitrogens with two attached hydrogens (primary N) is 1. The summed E-state index contributed by atoms with van der Waals surface area (Å²) in [7, 11) is 1.52. The smallest absolute Gasteiger partial charge is 0.336 e. The molecular weight excluding hydrogens is 449 g/mol. The van der Waals surface area contributed by atoms with E-state index in [2.05, 4.69) is 15.3 Å². The van der Waals surface area contributed by atoms with Crippen molar-refractivity contribution in [2.45, 2.75) is 25.5 Å². The molecule has 0 saturated carbocycles. The highest BCUT2D eigenvalue weighted by Crippen LogP contribution is 2.29. The van der Waals surface area contributed by atoms with Crippen molar-refractivity contribution in [1.82, 2.24) is 15.3 Å². The maximum atomic E-state index is 12.7. The number of aryl methyl sites for hydroxylation is 1. The Morgan fingerprint density at radius 3 is 2.58 bits per heavy atom. The monoisotopic (exact) mass is 469 g/mol. The quantitative estimate of drug-likeness (QED) is 0.503. The SMILES string of the molecule is COC1CN(c2cc(C(=O)O)c(C(N)=O)cn2)CCC1NC(=O)c1[nH]c(C)c(Cl)c1Cl. The van der Waals surface area contributed by atoms with Gasteiger partial charge in [0.05, 0.1) is 33.3 Å². The summed E-state index contributed by atoms with van der Waals surface area (Å²) < 4.78 is 5.55. The summed E-state index contributed by atoms with van der Waals surface area (Å²) in [6.45, 7) is 2.51. The minimum absolute atomic E-state index is 0.156. The number of carbonyl (C=O) groups excluding carboxylic acids is 2. The lowest BCUT2D eigenvalue weighted by molar-refractivity contribution is 0.0538. The van der Waals surface area contributed by atoms with Crippen LogP contribution in [-0.4, -0.2) is 65.2 Å². The number of methoxy groups -OCH3 is 1. The summed E-state index contributed by atoms with van der Waals surface area (Å²) >= 11 is 12.2. The van der Waals surface area contributed by atoms with Crippen molar-refractivity contribution in [1.29, 1.82) is 0 Å². The maximum Gasteiger partial charge on any atom is 0.336 e. The number of amides is 2. The van der Waals surface area contributed by atoms with Crippen LogP contribution in [0.5, 0.6) is 0 Å². The maximum absolute atomic E-state index is 12.7. The molecule has 0 aromatic carbocycles. The van der Waals surface area contributed by atoms with Gasteiger partial charge >= 0.3 is 5.97 Å². The Balaban J connectivity index is 1.76. The summed E-state index contributed by atoms with van der Waals surface area (Å²) in [6.07, 6.45) is 1.24. The molecule has 10 nitrogen and oxygen atoms in total. The number of anilines is 1. The number of pyridine rings is 1. The summed E-state index contributed by atoms with van der Waals surface area (Å²) in [6, 6.07) is 0.980. The van der Waals surface area contributed by atoms with E-state index in [1.165, 1.54) is 13.2 Å². The third kappa shape index (κ3) is 4.60. The van der Waals surface area contributed by atoms with Crippen molar-refractivity contribution in [2.75, 3.05) is 25.1 Å². The number of primary amides is 1. The molecule has 12 heteroatoms. The first-order chi connectivity index (χ1) is 14.6. The average Bonchev–Trinajstić information content (AvgIpc) is 3.00. The van der Waals surface area contributed by atoms with Gasteiger partial charge in [0.1, 0.15) is 11.5 Å². The Labute approximate surface area is 187 Å². The third-order valence-corrected chi connectivity index (χ3v) is 6.12. The van der Waals surface area contributed by atoms with Crippen molar-refractivity contribution in [3.05, 3.63) is 44.8 Å². The molecule has 166 valence electrons. The number of hydrogen-bond acceptors (Lipinski definition) is 6. The zero-order chi connectivity index (χ0) is 22.9. The molecule has 3 rings (SSSR count). The Kier molecular flexibility index (Phi) is 6.73. The molecule has 0 radical (unpaired) electrons. The number of nitrogens with zero attached hydrogens (tertiary/aromatic N) is 2. The molecule has 0 spiro atoms. The molecular formula is C19H21Cl2N5O5. The normalized spacial score (nSPS) is 18.6. The van der Waals surface area contributed by atoms with Crippen LogP contribution in [-0.2, 0) is 4.74 Å². The fourth-order valence-corrected chi connectivity index (χ4v) is 3.90. The predicted molar refractivity (Wildman–Crippen MR) is 114 cm³/mol. The highest BCUT2D eigenvalue weighted by molar-refractivity contribution is 6.44. The lowest BCUT2D eigenvalue weighted by Crippen LogP contribution is -2.55. The van der Waals surface area contributed by atoms with Crippen molar-refractivity contribution in [3.63, 3.8) is 0 Å². The lowest BCUT2D eigenvalue weighted by atomic mass is 10.0. The first kappa shape index (κ1) is 22.9. The largest absolute Gasteiger partial charge is 0.478 e. The van der Waals surface area contributed by atoms with Crippen molar-refractivity contribution in [3.8, 4) is 0 Å². The number of hydrogen-bond donors (Lipinski definition) is 4. The second kappa shape index (κ2) is 9.13. The number of piperidine rings is 1. The Morgan fingerprint density at radius 1 is 1.32 bits per heavy atom. The van der Waals surface area contributed by atoms with Crippen LogP contribution in [0.15, 0.2) is 12.3 Å². The molecule has 0 aliphatic carbocycles. The molecule has 1 fully saturated rings. The van der Waals surface area contributed by atoms with Gasteiger partial charge in [-0.2, -0.15) is 0 Å². The van der Waals surface area contributed by atoms with E-state index in [1.54, 1.807) is 6.92 Å². The molecule has 2 aromatic heterocycles. The minimum atomic E-state index is -1.28. The number of H-pyrrole nitrogens is 1. The first-order valence-corrected chi connectivity index (χ1v) is 10.0. The third-order valence-electron chi connectivity index (χ3n) is 5.17. The van der Waals surface area contributed by atoms with Gasteiger partial charge in [0.15, 0.2) is 0 Å². The van der Waals surface area contributed by atoms with Crippen LogP contribution in [0.2, 0.25) is 10.0 Å². The van der Waals surface area contributed by atoms with Gasteiger partial charge in [-0.1, -0.05) is 23.2 Å². The minimum Gasteiger partial charge on any atom is -0.478 e. The zero-order valence-corrected chi connectivity index (χ0v) is 18.3. The molecule has 3 heterocycles. The van der Waals surface area contributed by atoms with E-state index < -0.39 is 23.9 Å². The number of nitrogens with one attached hydrogen (secondary N) is 2. The number of halogens is 2. The molecule has 2 atom stereocenters.